The molecule has 2 unspecified atom stereocenters. The van der Waals surface area contributed by atoms with Gasteiger partial charge in [-0.2, -0.15) is 0 Å². The van der Waals surface area contributed by atoms with E-state index in [1.807, 2.05) is 0 Å². The third-order valence-corrected chi connectivity index (χ3v) is 3.97. The van der Waals surface area contributed by atoms with Gasteiger partial charge in [0.15, 0.2) is 0 Å². The van der Waals surface area contributed by atoms with E-state index in [4.69, 9.17) is 4.74 Å². The molecule has 1 aliphatic rings. The van der Waals surface area contributed by atoms with Crippen LogP contribution < -0.4 is 5.32 Å². The van der Waals surface area contributed by atoms with Gasteiger partial charge >= 0.3 is 0 Å². The van der Waals surface area contributed by atoms with Gasteiger partial charge in [-0.1, -0.05) is 22.0 Å². The highest BCUT2D eigenvalue weighted by Crippen LogP contribution is 2.26. The SMILES string of the molecule is Cc1c(Br)cccc1NC1CCOC(C)C1. The molecule has 1 N–H and O–H groups in total. The van der Waals surface area contributed by atoms with E-state index in [-0.39, 0.29) is 0 Å². The average molecular weight is 284 g/mol. The second-order valence-electron chi connectivity index (χ2n) is 4.46. The fourth-order valence-corrected chi connectivity index (χ4v) is 2.48. The molecule has 0 amide bonds. The summed E-state index contributed by atoms with van der Waals surface area (Å²) in [6, 6.07) is 6.83. The number of halogens is 1. The molecule has 16 heavy (non-hydrogen) atoms. The zero-order valence-electron chi connectivity index (χ0n) is 9.79. The normalized spacial score (nSPS) is 25.4. The summed E-state index contributed by atoms with van der Waals surface area (Å²) in [4.78, 5) is 0. The standard InChI is InChI=1S/C13H18BrNO/c1-9-8-11(6-7-16-9)15-13-5-3-4-12(14)10(13)2/h3-5,9,11,15H,6-8H2,1-2H3. The van der Waals surface area contributed by atoms with E-state index in [0.717, 1.165) is 23.9 Å². The number of hydrogen-bond acceptors (Lipinski definition) is 2. The number of rotatable bonds is 2. The summed E-state index contributed by atoms with van der Waals surface area (Å²) in [6.07, 6.45) is 2.56. The molecule has 0 saturated carbocycles. The van der Waals surface area contributed by atoms with Gasteiger partial charge in [0.1, 0.15) is 0 Å². The molecule has 88 valence electrons. The van der Waals surface area contributed by atoms with Crippen molar-refractivity contribution in [3.63, 3.8) is 0 Å². The smallest absolute Gasteiger partial charge is 0.0566 e. The highest BCUT2D eigenvalue weighted by molar-refractivity contribution is 9.10. The summed E-state index contributed by atoms with van der Waals surface area (Å²) < 4.78 is 6.71. The van der Waals surface area contributed by atoms with Crippen molar-refractivity contribution >= 4 is 21.6 Å². The largest absolute Gasteiger partial charge is 0.382 e. The molecule has 1 aromatic rings. The van der Waals surface area contributed by atoms with Gasteiger partial charge in [-0.25, -0.2) is 0 Å². The molecule has 0 bridgehead atoms. The Balaban J connectivity index is 2.05. The minimum Gasteiger partial charge on any atom is -0.382 e. The summed E-state index contributed by atoms with van der Waals surface area (Å²) in [5.74, 6) is 0. The van der Waals surface area contributed by atoms with Crippen LogP contribution in [-0.4, -0.2) is 18.8 Å². The second kappa shape index (κ2) is 5.19. The first-order chi connectivity index (χ1) is 7.66. The molecule has 1 fully saturated rings. The van der Waals surface area contributed by atoms with E-state index < -0.39 is 0 Å². The van der Waals surface area contributed by atoms with Crippen molar-refractivity contribution < 1.29 is 4.74 Å². The lowest BCUT2D eigenvalue weighted by molar-refractivity contribution is 0.0232. The topological polar surface area (TPSA) is 21.3 Å². The van der Waals surface area contributed by atoms with Crippen LogP contribution in [0.15, 0.2) is 22.7 Å². The number of benzene rings is 1. The molecule has 0 aliphatic carbocycles. The van der Waals surface area contributed by atoms with Gasteiger partial charge in [-0.15, -0.1) is 0 Å². The third-order valence-electron chi connectivity index (χ3n) is 3.11. The molecular formula is C13H18BrNO. The predicted molar refractivity (Wildman–Crippen MR) is 70.9 cm³/mol. The van der Waals surface area contributed by atoms with Gasteiger partial charge in [0.25, 0.3) is 0 Å². The number of nitrogens with one attached hydrogen (secondary N) is 1. The first-order valence-electron chi connectivity index (χ1n) is 5.80. The fraction of sp³-hybridized carbons (Fsp3) is 0.538. The van der Waals surface area contributed by atoms with Crippen molar-refractivity contribution in [2.45, 2.75) is 38.8 Å². The van der Waals surface area contributed by atoms with Gasteiger partial charge in [0, 0.05) is 22.8 Å². The van der Waals surface area contributed by atoms with Gasteiger partial charge in [-0.05, 0) is 44.4 Å². The first kappa shape index (κ1) is 11.9. The van der Waals surface area contributed by atoms with Crippen molar-refractivity contribution in [2.75, 3.05) is 11.9 Å². The van der Waals surface area contributed by atoms with Gasteiger partial charge in [-0.3, -0.25) is 0 Å². The van der Waals surface area contributed by atoms with Crippen LogP contribution in [0.4, 0.5) is 5.69 Å². The quantitative estimate of drug-likeness (QED) is 0.893. The number of hydrogen-bond donors (Lipinski definition) is 1. The molecule has 1 aliphatic heterocycles. The van der Waals surface area contributed by atoms with Crippen LogP contribution >= 0.6 is 15.9 Å². The lowest BCUT2D eigenvalue weighted by Crippen LogP contribution is -2.32. The molecule has 1 heterocycles. The minimum absolute atomic E-state index is 0.374. The van der Waals surface area contributed by atoms with E-state index in [0.29, 0.717) is 12.1 Å². The van der Waals surface area contributed by atoms with Crippen LogP contribution in [0, 0.1) is 6.92 Å². The zero-order valence-corrected chi connectivity index (χ0v) is 11.4. The second-order valence-corrected chi connectivity index (χ2v) is 5.31. The van der Waals surface area contributed by atoms with Crippen molar-refractivity contribution in [3.8, 4) is 0 Å². The molecule has 2 atom stereocenters. The number of ether oxygens (including phenoxy) is 1. The molecule has 0 radical (unpaired) electrons. The van der Waals surface area contributed by atoms with E-state index in [1.54, 1.807) is 0 Å². The molecule has 1 aromatic carbocycles. The van der Waals surface area contributed by atoms with Crippen LogP contribution in [-0.2, 0) is 4.74 Å². The maximum absolute atomic E-state index is 5.55. The van der Waals surface area contributed by atoms with Crippen LogP contribution in [0.25, 0.3) is 0 Å². The summed E-state index contributed by atoms with van der Waals surface area (Å²) in [7, 11) is 0. The predicted octanol–water partition coefficient (Wildman–Crippen LogP) is 3.74. The van der Waals surface area contributed by atoms with Crippen molar-refractivity contribution in [1.29, 1.82) is 0 Å². The highest BCUT2D eigenvalue weighted by Gasteiger charge is 2.19. The van der Waals surface area contributed by atoms with Crippen molar-refractivity contribution in [2.24, 2.45) is 0 Å². The van der Waals surface area contributed by atoms with E-state index in [2.05, 4.69) is 53.3 Å². The summed E-state index contributed by atoms with van der Waals surface area (Å²) in [5.41, 5.74) is 2.51. The summed E-state index contributed by atoms with van der Waals surface area (Å²) in [5, 5.41) is 3.61. The summed E-state index contributed by atoms with van der Waals surface area (Å²) in [6.45, 7) is 5.14. The lowest BCUT2D eigenvalue weighted by Gasteiger charge is -2.29. The van der Waals surface area contributed by atoms with Crippen LogP contribution in [0.5, 0.6) is 0 Å². The van der Waals surface area contributed by atoms with Crippen LogP contribution in [0.1, 0.15) is 25.3 Å². The lowest BCUT2D eigenvalue weighted by atomic mass is 10.0. The van der Waals surface area contributed by atoms with Crippen LogP contribution in [0.2, 0.25) is 0 Å². The highest BCUT2D eigenvalue weighted by atomic mass is 79.9. The molecule has 0 spiro atoms. The Hall–Kier alpha value is -0.540. The summed E-state index contributed by atoms with van der Waals surface area (Å²) >= 11 is 3.56. The van der Waals surface area contributed by atoms with E-state index in [1.165, 1.54) is 11.3 Å². The number of anilines is 1. The monoisotopic (exact) mass is 283 g/mol. The Morgan fingerprint density at radius 1 is 1.44 bits per heavy atom. The Labute approximate surface area is 106 Å². The Morgan fingerprint density at radius 2 is 2.25 bits per heavy atom. The van der Waals surface area contributed by atoms with Crippen molar-refractivity contribution in [3.05, 3.63) is 28.2 Å². The fourth-order valence-electron chi connectivity index (χ4n) is 2.11. The molecule has 3 heteroatoms. The minimum atomic E-state index is 0.374. The maximum Gasteiger partial charge on any atom is 0.0566 e. The average Bonchev–Trinajstić information content (AvgIpc) is 2.25. The Morgan fingerprint density at radius 3 is 3.00 bits per heavy atom. The van der Waals surface area contributed by atoms with Gasteiger partial charge in [0.2, 0.25) is 0 Å². The van der Waals surface area contributed by atoms with E-state index >= 15 is 0 Å². The Bertz CT molecular complexity index is 367. The maximum atomic E-state index is 5.55. The third kappa shape index (κ3) is 2.77. The van der Waals surface area contributed by atoms with Crippen molar-refractivity contribution in [1.82, 2.24) is 0 Å². The molecule has 2 rings (SSSR count). The Kier molecular flexibility index (Phi) is 3.87. The molecule has 0 aromatic heterocycles. The van der Waals surface area contributed by atoms with Gasteiger partial charge in [0.05, 0.1) is 6.10 Å². The first-order valence-corrected chi connectivity index (χ1v) is 6.59. The van der Waals surface area contributed by atoms with E-state index in [9.17, 15) is 0 Å². The zero-order chi connectivity index (χ0) is 11.5. The van der Waals surface area contributed by atoms with Gasteiger partial charge < -0.3 is 10.1 Å². The molecule has 1 saturated heterocycles. The molecule has 2 nitrogen and oxygen atoms in total. The van der Waals surface area contributed by atoms with Crippen LogP contribution in [0.3, 0.4) is 0 Å². The molecular weight excluding hydrogens is 266 g/mol.